The van der Waals surface area contributed by atoms with Crippen LogP contribution in [0.4, 0.5) is 0 Å². The second-order valence-corrected chi connectivity index (χ2v) is 12.8. The van der Waals surface area contributed by atoms with Gasteiger partial charge in [-0.2, -0.15) is 0 Å². The van der Waals surface area contributed by atoms with Gasteiger partial charge in [0.1, 0.15) is 0 Å². The quantitative estimate of drug-likeness (QED) is 0.0494. The molecular formula is C35H71NO4. The molecule has 0 saturated carbocycles. The Labute approximate surface area is 249 Å². The summed E-state index contributed by atoms with van der Waals surface area (Å²) in [5, 5.41) is 32.9. The normalized spacial score (nSPS) is 14.7. The lowest BCUT2D eigenvalue weighted by atomic mass is 9.90. The molecule has 0 aromatic rings. The van der Waals surface area contributed by atoms with E-state index in [9.17, 15) is 20.1 Å². The average Bonchev–Trinajstić information content (AvgIpc) is 2.93. The van der Waals surface area contributed by atoms with E-state index in [-0.39, 0.29) is 5.91 Å². The molecule has 4 N–H and O–H groups in total. The molecule has 0 aliphatic carbocycles. The van der Waals surface area contributed by atoms with E-state index in [4.69, 9.17) is 0 Å². The van der Waals surface area contributed by atoms with E-state index < -0.39 is 24.4 Å². The molecule has 0 spiro atoms. The van der Waals surface area contributed by atoms with Gasteiger partial charge in [-0.3, -0.25) is 4.79 Å². The number of carbonyl (C=O) groups is 1. The fraction of sp³-hybridized carbons (Fsp3) is 0.971. The summed E-state index contributed by atoms with van der Waals surface area (Å²) < 4.78 is 0. The zero-order valence-electron chi connectivity index (χ0n) is 27.2. The summed E-state index contributed by atoms with van der Waals surface area (Å²) >= 11 is 0. The van der Waals surface area contributed by atoms with Crippen molar-refractivity contribution in [3.63, 3.8) is 0 Å². The zero-order chi connectivity index (χ0) is 29.7. The average molecular weight is 570 g/mol. The molecular weight excluding hydrogens is 498 g/mol. The molecule has 240 valence electrons. The second-order valence-electron chi connectivity index (χ2n) is 12.8. The lowest BCUT2D eigenvalue weighted by Crippen LogP contribution is -2.52. The Morgan fingerprint density at radius 3 is 1.20 bits per heavy atom. The highest BCUT2D eigenvalue weighted by molar-refractivity contribution is 5.79. The number of aliphatic hydroxyl groups excluding tert-OH is 2. The number of hydrogen-bond acceptors (Lipinski definition) is 4. The molecule has 0 radical (unpaired) electrons. The van der Waals surface area contributed by atoms with Crippen molar-refractivity contribution < 1.29 is 20.1 Å². The van der Waals surface area contributed by atoms with Crippen molar-refractivity contribution in [1.29, 1.82) is 0 Å². The van der Waals surface area contributed by atoms with Crippen LogP contribution in [0.3, 0.4) is 0 Å². The maximum atomic E-state index is 12.9. The van der Waals surface area contributed by atoms with Gasteiger partial charge in [0.15, 0.2) is 5.72 Å². The minimum Gasteiger partial charge on any atom is -0.392 e. The summed E-state index contributed by atoms with van der Waals surface area (Å²) in [6.45, 7) is 5.37. The standard InChI is InChI=1S/C35H71NO4/c1-4-6-8-10-12-14-16-18-20-22-24-26-28-30-33(38)32(34(39)36-35(3,40)31-37)29-27-25-23-21-19-17-15-13-11-9-7-5-2/h32-33,37-38,40H,4-31H2,1-3H3,(H,36,39). The summed E-state index contributed by atoms with van der Waals surface area (Å²) in [4.78, 5) is 12.9. The molecule has 0 saturated heterocycles. The van der Waals surface area contributed by atoms with Gasteiger partial charge >= 0.3 is 0 Å². The molecule has 3 atom stereocenters. The summed E-state index contributed by atoms with van der Waals surface area (Å²) in [6, 6.07) is 0. The first-order valence-corrected chi connectivity index (χ1v) is 17.7. The minimum absolute atomic E-state index is 0.343. The Hall–Kier alpha value is -0.650. The van der Waals surface area contributed by atoms with Crippen LogP contribution in [0.15, 0.2) is 0 Å². The van der Waals surface area contributed by atoms with Crippen LogP contribution in [0.1, 0.15) is 194 Å². The van der Waals surface area contributed by atoms with Crippen molar-refractivity contribution in [3.8, 4) is 0 Å². The maximum absolute atomic E-state index is 12.9. The highest BCUT2D eigenvalue weighted by atomic mass is 16.3. The van der Waals surface area contributed by atoms with Crippen LogP contribution in [-0.4, -0.2) is 39.7 Å². The van der Waals surface area contributed by atoms with Crippen LogP contribution in [0.5, 0.6) is 0 Å². The zero-order valence-corrected chi connectivity index (χ0v) is 27.2. The fourth-order valence-corrected chi connectivity index (χ4v) is 5.67. The highest BCUT2D eigenvalue weighted by Crippen LogP contribution is 2.22. The molecule has 0 fully saturated rings. The number of nitrogens with one attached hydrogen (secondary N) is 1. The van der Waals surface area contributed by atoms with E-state index in [1.165, 1.54) is 142 Å². The Bertz CT molecular complexity index is 539. The summed E-state index contributed by atoms with van der Waals surface area (Å²) in [7, 11) is 0. The van der Waals surface area contributed by atoms with Gasteiger partial charge in [-0.15, -0.1) is 0 Å². The second kappa shape index (κ2) is 28.5. The topological polar surface area (TPSA) is 89.8 Å². The van der Waals surface area contributed by atoms with Gasteiger partial charge < -0.3 is 20.6 Å². The molecule has 0 aliphatic heterocycles. The van der Waals surface area contributed by atoms with Crippen LogP contribution in [0, 0.1) is 5.92 Å². The first-order valence-electron chi connectivity index (χ1n) is 17.7. The number of amides is 1. The van der Waals surface area contributed by atoms with Crippen LogP contribution in [0.25, 0.3) is 0 Å². The van der Waals surface area contributed by atoms with Gasteiger partial charge in [0.25, 0.3) is 0 Å². The molecule has 5 nitrogen and oxygen atoms in total. The number of aliphatic hydroxyl groups is 3. The van der Waals surface area contributed by atoms with E-state index in [1.54, 1.807) is 0 Å². The van der Waals surface area contributed by atoms with Crippen molar-refractivity contribution in [2.24, 2.45) is 5.92 Å². The van der Waals surface area contributed by atoms with E-state index in [0.717, 1.165) is 25.7 Å². The summed E-state index contributed by atoms with van der Waals surface area (Å²) in [5.41, 5.74) is -1.65. The molecule has 0 aromatic heterocycles. The third kappa shape index (κ3) is 25.1. The molecule has 0 bridgehead atoms. The molecule has 3 unspecified atom stereocenters. The SMILES string of the molecule is CCCCCCCCCCCCCCCC(O)C(CCCCCCCCCCCCCC)C(=O)NC(C)(O)CO. The van der Waals surface area contributed by atoms with Gasteiger partial charge in [-0.25, -0.2) is 0 Å². The van der Waals surface area contributed by atoms with Crippen LogP contribution in [-0.2, 0) is 4.79 Å². The van der Waals surface area contributed by atoms with E-state index in [2.05, 4.69) is 19.2 Å². The Morgan fingerprint density at radius 2 is 0.875 bits per heavy atom. The van der Waals surface area contributed by atoms with Crippen molar-refractivity contribution in [2.75, 3.05) is 6.61 Å². The summed E-state index contributed by atoms with van der Waals surface area (Å²) in [5.74, 6) is -0.872. The largest absolute Gasteiger partial charge is 0.392 e. The molecule has 1 amide bonds. The Kier molecular flexibility index (Phi) is 28.0. The van der Waals surface area contributed by atoms with E-state index in [1.807, 2.05) is 0 Å². The van der Waals surface area contributed by atoms with Crippen LogP contribution >= 0.6 is 0 Å². The number of rotatable bonds is 31. The van der Waals surface area contributed by atoms with Gasteiger partial charge in [0, 0.05) is 0 Å². The monoisotopic (exact) mass is 570 g/mol. The Morgan fingerprint density at radius 1 is 0.575 bits per heavy atom. The third-order valence-electron chi connectivity index (χ3n) is 8.47. The Balaban J connectivity index is 4.12. The van der Waals surface area contributed by atoms with Crippen molar-refractivity contribution in [1.82, 2.24) is 5.32 Å². The highest BCUT2D eigenvalue weighted by Gasteiger charge is 2.31. The van der Waals surface area contributed by atoms with Crippen molar-refractivity contribution in [3.05, 3.63) is 0 Å². The third-order valence-corrected chi connectivity index (χ3v) is 8.47. The van der Waals surface area contributed by atoms with Crippen LogP contribution in [0.2, 0.25) is 0 Å². The van der Waals surface area contributed by atoms with Crippen molar-refractivity contribution in [2.45, 2.75) is 206 Å². The first kappa shape index (κ1) is 39.4. The minimum atomic E-state index is -1.65. The molecule has 5 heteroatoms. The predicted molar refractivity (Wildman–Crippen MR) is 171 cm³/mol. The van der Waals surface area contributed by atoms with Crippen molar-refractivity contribution >= 4 is 5.91 Å². The van der Waals surface area contributed by atoms with E-state index in [0.29, 0.717) is 12.8 Å². The lowest BCUT2D eigenvalue weighted by Gasteiger charge is -2.28. The molecule has 0 heterocycles. The molecule has 0 aliphatic rings. The number of hydrogen-bond donors (Lipinski definition) is 4. The van der Waals surface area contributed by atoms with E-state index >= 15 is 0 Å². The first-order chi connectivity index (χ1) is 19.4. The van der Waals surface area contributed by atoms with Gasteiger partial charge in [-0.1, -0.05) is 174 Å². The fourth-order valence-electron chi connectivity index (χ4n) is 5.67. The number of unbranched alkanes of at least 4 members (excludes halogenated alkanes) is 23. The van der Waals surface area contributed by atoms with Crippen LogP contribution < -0.4 is 5.32 Å². The molecule has 40 heavy (non-hydrogen) atoms. The smallest absolute Gasteiger partial charge is 0.227 e. The summed E-state index contributed by atoms with van der Waals surface area (Å²) in [6.07, 6.45) is 32.4. The van der Waals surface area contributed by atoms with Gasteiger partial charge in [0.2, 0.25) is 5.91 Å². The molecule has 0 aromatic carbocycles. The lowest BCUT2D eigenvalue weighted by molar-refractivity contribution is -0.138. The van der Waals surface area contributed by atoms with Gasteiger partial charge in [0.05, 0.1) is 18.6 Å². The molecule has 0 rings (SSSR count). The number of carbonyl (C=O) groups excluding carboxylic acids is 1. The maximum Gasteiger partial charge on any atom is 0.227 e. The predicted octanol–water partition coefficient (Wildman–Crippen LogP) is 9.35. The van der Waals surface area contributed by atoms with Gasteiger partial charge in [-0.05, 0) is 19.8 Å².